The molecule has 2 bridgehead atoms. The first-order valence-corrected chi connectivity index (χ1v) is 9.93. The van der Waals surface area contributed by atoms with Gasteiger partial charge in [-0.15, -0.1) is 0 Å². The molecule has 2 aliphatic rings. The molecule has 27 heavy (non-hydrogen) atoms. The van der Waals surface area contributed by atoms with E-state index in [0.717, 1.165) is 25.1 Å². The third kappa shape index (κ3) is 3.74. The number of halogens is 1. The van der Waals surface area contributed by atoms with Crippen molar-refractivity contribution in [2.24, 2.45) is 0 Å². The summed E-state index contributed by atoms with van der Waals surface area (Å²) in [6.07, 6.45) is 3.45. The molecule has 4 heteroatoms. The lowest BCUT2D eigenvalue weighted by Gasteiger charge is -2.44. The first kappa shape index (κ1) is 18.5. The van der Waals surface area contributed by atoms with Gasteiger partial charge in [0, 0.05) is 24.2 Å². The zero-order valence-corrected chi connectivity index (χ0v) is 16.1. The van der Waals surface area contributed by atoms with Crippen LogP contribution in [0.5, 0.6) is 5.75 Å². The molecule has 0 amide bonds. The maximum absolute atomic E-state index is 14.3. The summed E-state index contributed by atoms with van der Waals surface area (Å²) in [5.41, 5.74) is 0.617. The SMILES string of the molecule is CC(C)Oc1cccc(CN2[C@@H]3CC[C@H]2CC(O)(c2ccccc2F)C3)c1. The molecular weight excluding hydrogens is 341 g/mol. The van der Waals surface area contributed by atoms with E-state index in [9.17, 15) is 9.50 Å². The maximum atomic E-state index is 14.3. The van der Waals surface area contributed by atoms with E-state index < -0.39 is 5.60 Å². The standard InChI is InChI=1S/C23H28FNO2/c1-16(2)27-20-7-5-6-17(12-20)15-25-18-10-11-19(25)14-23(26,13-18)21-8-3-4-9-22(21)24/h3-9,12,16,18-19,26H,10-11,13-15H2,1-2H3/t18-,19+,23?. The molecule has 4 rings (SSSR count). The summed E-state index contributed by atoms with van der Waals surface area (Å²) in [6.45, 7) is 4.90. The van der Waals surface area contributed by atoms with Gasteiger partial charge in [-0.3, -0.25) is 4.90 Å². The molecule has 0 aromatic heterocycles. The Morgan fingerprint density at radius 1 is 1.11 bits per heavy atom. The van der Waals surface area contributed by atoms with Crippen LogP contribution >= 0.6 is 0 Å². The molecular formula is C23H28FNO2. The molecule has 3 nitrogen and oxygen atoms in total. The zero-order valence-electron chi connectivity index (χ0n) is 16.1. The van der Waals surface area contributed by atoms with E-state index >= 15 is 0 Å². The van der Waals surface area contributed by atoms with Gasteiger partial charge in [0.2, 0.25) is 0 Å². The van der Waals surface area contributed by atoms with Gasteiger partial charge in [0.1, 0.15) is 11.6 Å². The summed E-state index contributed by atoms with van der Waals surface area (Å²) in [5, 5.41) is 11.2. The van der Waals surface area contributed by atoms with E-state index in [1.54, 1.807) is 12.1 Å². The van der Waals surface area contributed by atoms with Crippen molar-refractivity contribution in [3.8, 4) is 5.75 Å². The number of rotatable bonds is 5. The number of ether oxygens (including phenoxy) is 1. The largest absolute Gasteiger partial charge is 0.491 e. The molecule has 1 N–H and O–H groups in total. The van der Waals surface area contributed by atoms with E-state index in [1.807, 2.05) is 32.0 Å². The van der Waals surface area contributed by atoms with Crippen LogP contribution in [0.1, 0.15) is 50.7 Å². The predicted molar refractivity (Wildman–Crippen MR) is 104 cm³/mol. The van der Waals surface area contributed by atoms with Crippen molar-refractivity contribution >= 4 is 0 Å². The van der Waals surface area contributed by atoms with Gasteiger partial charge in [-0.25, -0.2) is 4.39 Å². The van der Waals surface area contributed by atoms with E-state index in [-0.39, 0.29) is 24.0 Å². The lowest BCUT2D eigenvalue weighted by molar-refractivity contribution is -0.0615. The number of piperidine rings is 1. The van der Waals surface area contributed by atoms with Gasteiger partial charge in [-0.05, 0) is 63.3 Å². The van der Waals surface area contributed by atoms with Crippen LogP contribution in [0.3, 0.4) is 0 Å². The van der Waals surface area contributed by atoms with Crippen molar-refractivity contribution in [2.45, 2.75) is 69.9 Å². The Morgan fingerprint density at radius 2 is 1.81 bits per heavy atom. The van der Waals surface area contributed by atoms with E-state index in [2.05, 4.69) is 17.0 Å². The lowest BCUT2D eigenvalue weighted by atomic mass is 9.80. The summed E-state index contributed by atoms with van der Waals surface area (Å²) in [7, 11) is 0. The zero-order chi connectivity index (χ0) is 19.0. The highest BCUT2D eigenvalue weighted by atomic mass is 19.1. The van der Waals surface area contributed by atoms with Crippen LogP contribution in [0.25, 0.3) is 0 Å². The molecule has 0 saturated carbocycles. The highest BCUT2D eigenvalue weighted by molar-refractivity contribution is 5.30. The fourth-order valence-corrected chi connectivity index (χ4v) is 4.83. The molecule has 2 fully saturated rings. The smallest absolute Gasteiger partial charge is 0.129 e. The van der Waals surface area contributed by atoms with Gasteiger partial charge in [0.25, 0.3) is 0 Å². The molecule has 0 spiro atoms. The Balaban J connectivity index is 1.51. The molecule has 3 atom stereocenters. The number of fused-ring (bicyclic) bond motifs is 2. The van der Waals surface area contributed by atoms with Crippen molar-refractivity contribution in [2.75, 3.05) is 0 Å². The molecule has 0 aliphatic carbocycles. The molecule has 2 aromatic carbocycles. The molecule has 2 aromatic rings. The fraction of sp³-hybridized carbons (Fsp3) is 0.478. The van der Waals surface area contributed by atoms with Crippen LogP contribution in [0.15, 0.2) is 48.5 Å². The lowest BCUT2D eigenvalue weighted by Crippen LogP contribution is -2.49. The second-order valence-electron chi connectivity index (χ2n) is 8.29. The van der Waals surface area contributed by atoms with E-state index in [1.165, 1.54) is 11.6 Å². The van der Waals surface area contributed by atoms with Crippen LogP contribution in [-0.2, 0) is 12.1 Å². The average molecular weight is 369 g/mol. The number of hydrogen-bond acceptors (Lipinski definition) is 3. The van der Waals surface area contributed by atoms with Crippen molar-refractivity contribution in [3.05, 3.63) is 65.5 Å². The predicted octanol–water partition coefficient (Wildman–Crippen LogP) is 4.63. The van der Waals surface area contributed by atoms with Crippen molar-refractivity contribution in [1.29, 1.82) is 0 Å². The molecule has 2 saturated heterocycles. The Labute approximate surface area is 160 Å². The van der Waals surface area contributed by atoms with Crippen LogP contribution in [0.4, 0.5) is 4.39 Å². The number of hydrogen-bond donors (Lipinski definition) is 1. The molecule has 1 unspecified atom stereocenters. The summed E-state index contributed by atoms with van der Waals surface area (Å²) in [6, 6.07) is 15.5. The van der Waals surface area contributed by atoms with Crippen molar-refractivity contribution < 1.29 is 14.2 Å². The highest BCUT2D eigenvalue weighted by Gasteiger charge is 2.48. The Hall–Kier alpha value is -1.91. The van der Waals surface area contributed by atoms with Gasteiger partial charge in [0.05, 0.1) is 11.7 Å². The Bertz CT molecular complexity index is 792. The van der Waals surface area contributed by atoms with Crippen LogP contribution < -0.4 is 4.74 Å². The second-order valence-corrected chi connectivity index (χ2v) is 8.29. The molecule has 2 aliphatic heterocycles. The monoisotopic (exact) mass is 369 g/mol. The van der Waals surface area contributed by atoms with Gasteiger partial charge < -0.3 is 9.84 Å². The minimum absolute atomic E-state index is 0.155. The Morgan fingerprint density at radius 3 is 2.48 bits per heavy atom. The van der Waals surface area contributed by atoms with Gasteiger partial charge in [-0.2, -0.15) is 0 Å². The van der Waals surface area contributed by atoms with Gasteiger partial charge in [-0.1, -0.05) is 30.3 Å². The van der Waals surface area contributed by atoms with Crippen molar-refractivity contribution in [1.82, 2.24) is 4.90 Å². The van der Waals surface area contributed by atoms with E-state index in [0.29, 0.717) is 18.4 Å². The summed E-state index contributed by atoms with van der Waals surface area (Å²) in [4.78, 5) is 2.49. The summed E-state index contributed by atoms with van der Waals surface area (Å²) >= 11 is 0. The van der Waals surface area contributed by atoms with E-state index in [4.69, 9.17) is 4.74 Å². The number of benzene rings is 2. The Kier molecular flexibility index (Phi) is 4.95. The first-order chi connectivity index (χ1) is 12.9. The summed E-state index contributed by atoms with van der Waals surface area (Å²) < 4.78 is 20.1. The van der Waals surface area contributed by atoms with Crippen LogP contribution in [-0.4, -0.2) is 28.2 Å². The minimum Gasteiger partial charge on any atom is -0.491 e. The molecule has 2 heterocycles. The van der Waals surface area contributed by atoms with Crippen LogP contribution in [0.2, 0.25) is 0 Å². The highest BCUT2D eigenvalue weighted by Crippen LogP contribution is 2.46. The number of nitrogens with zero attached hydrogens (tertiary/aromatic N) is 1. The molecule has 0 radical (unpaired) electrons. The third-order valence-electron chi connectivity index (χ3n) is 5.93. The fourth-order valence-electron chi connectivity index (χ4n) is 4.83. The summed E-state index contributed by atoms with van der Waals surface area (Å²) in [5.74, 6) is 0.598. The van der Waals surface area contributed by atoms with Gasteiger partial charge in [0.15, 0.2) is 0 Å². The normalized spacial score (nSPS) is 27.9. The topological polar surface area (TPSA) is 32.7 Å². The minimum atomic E-state index is -1.06. The maximum Gasteiger partial charge on any atom is 0.129 e. The van der Waals surface area contributed by atoms with Crippen LogP contribution in [0, 0.1) is 5.82 Å². The van der Waals surface area contributed by atoms with Crippen molar-refractivity contribution in [3.63, 3.8) is 0 Å². The first-order valence-electron chi connectivity index (χ1n) is 9.93. The quantitative estimate of drug-likeness (QED) is 0.834. The number of aliphatic hydroxyl groups is 1. The third-order valence-corrected chi connectivity index (χ3v) is 5.93. The second kappa shape index (κ2) is 7.25. The van der Waals surface area contributed by atoms with Gasteiger partial charge >= 0.3 is 0 Å². The molecule has 144 valence electrons. The average Bonchev–Trinajstić information content (AvgIpc) is 2.86.